The van der Waals surface area contributed by atoms with Crippen molar-refractivity contribution in [1.29, 1.82) is 0 Å². The number of halogens is 2. The number of H-pyrrole nitrogens is 2. The Labute approximate surface area is 681 Å². The van der Waals surface area contributed by atoms with Crippen LogP contribution in [0.1, 0.15) is 0 Å². The van der Waals surface area contributed by atoms with Crippen LogP contribution in [0.3, 0.4) is 0 Å². The van der Waals surface area contributed by atoms with E-state index in [4.69, 9.17) is 0 Å². The molecule has 0 aliphatic carbocycles. The molecule has 0 aliphatic heterocycles. The third-order valence-corrected chi connectivity index (χ3v) is 16.2. The van der Waals surface area contributed by atoms with Gasteiger partial charge in [0.2, 0.25) is 0 Å². The first-order chi connectivity index (χ1) is 52.6. The van der Waals surface area contributed by atoms with Crippen LogP contribution in [-0.2, 0) is 71.7 Å². The zero-order valence-corrected chi connectivity index (χ0v) is 65.5. The van der Waals surface area contributed by atoms with Crippen LogP contribution >= 0.6 is 18.8 Å². The van der Waals surface area contributed by atoms with E-state index in [1.165, 1.54) is 0 Å². The van der Waals surface area contributed by atoms with E-state index in [1.807, 2.05) is 340 Å². The summed E-state index contributed by atoms with van der Waals surface area (Å²) in [5, 5.41) is 48.5. The third kappa shape index (κ3) is 24.0. The molecule has 0 atom stereocenters. The second-order valence-corrected chi connectivity index (χ2v) is 23.2. The SMILES string of the molecule is [Cl][Pt].[Cl][Pt].[Cu+].[Cu+].c1ccc(-c2cc(-c3ccccc3)[n-]n2)cc1.c1ccc(-c2cc(-c3ccccc3)[n-]n2)cc1.c1ccc(-c2cc(-c3ccccc3)[n-]n2)cc1.c1ccc(-c2cc(-c3ccccc3)[n-]n2)cc1.c1ccc(-c2cc(-c3ccccc3)[nH]n2)cc1.c1ccc(-c2cc(-c3ccccc3)[nH]n2)cc1. The largest absolute Gasteiger partial charge is 1.00 e. The molecule has 108 heavy (non-hydrogen) atoms. The fourth-order valence-corrected chi connectivity index (χ4v) is 10.9. The van der Waals surface area contributed by atoms with Gasteiger partial charge in [0.25, 0.3) is 0 Å². The number of aromatic nitrogens is 12. The number of rotatable bonds is 12. The molecule has 12 aromatic carbocycles. The second kappa shape index (κ2) is 44.8. The van der Waals surface area contributed by atoms with Crippen LogP contribution in [0.25, 0.3) is 135 Å². The molecular weight excluding hydrogens is 1840 g/mol. The van der Waals surface area contributed by atoms with Crippen LogP contribution in [0.4, 0.5) is 0 Å². The Bertz CT molecular complexity index is 4180. The van der Waals surface area contributed by atoms with Crippen molar-refractivity contribution in [3.8, 4) is 135 Å². The quantitative estimate of drug-likeness (QED) is 0.112. The first-order valence-electron chi connectivity index (χ1n) is 33.6. The molecule has 18 heteroatoms. The van der Waals surface area contributed by atoms with E-state index in [-0.39, 0.29) is 34.1 Å². The monoisotopic (exact) mass is 1900 g/mol. The fraction of sp³-hybridized carbons (Fsp3) is 0. The first kappa shape index (κ1) is 81.0. The summed E-state index contributed by atoms with van der Waals surface area (Å²) in [4.78, 5) is 0. The van der Waals surface area contributed by atoms with E-state index in [1.54, 1.807) is 37.5 Å². The predicted octanol–water partition coefficient (Wildman–Crippen LogP) is 22.3. The number of benzene rings is 12. The van der Waals surface area contributed by atoms with Crippen molar-refractivity contribution in [2.75, 3.05) is 0 Å². The van der Waals surface area contributed by atoms with Crippen molar-refractivity contribution < 1.29 is 71.7 Å². The molecule has 0 saturated carbocycles. The molecule has 0 unspecified atom stereocenters. The molecule has 0 aliphatic rings. The first-order valence-corrected chi connectivity index (χ1v) is 39.2. The smallest absolute Gasteiger partial charge is 0.574 e. The minimum atomic E-state index is 0. The zero-order chi connectivity index (χ0) is 73.0. The molecule has 18 rings (SSSR count). The predicted molar refractivity (Wildman–Crippen MR) is 424 cm³/mol. The molecule has 0 bridgehead atoms. The van der Waals surface area contributed by atoms with Crippen molar-refractivity contribution in [2.45, 2.75) is 0 Å². The Morgan fingerprint density at radius 2 is 0.333 bits per heavy atom. The molecule has 2 N–H and O–H groups in total. The molecule has 0 fully saturated rings. The average molecular weight is 1910 g/mol. The number of hydrogen-bond donors (Lipinski definition) is 2. The molecule has 6 heterocycles. The van der Waals surface area contributed by atoms with Gasteiger partial charge in [0.15, 0.2) is 0 Å². The summed E-state index contributed by atoms with van der Waals surface area (Å²) in [6.45, 7) is 0. The maximum Gasteiger partial charge on any atom is 1.00 e. The van der Waals surface area contributed by atoms with E-state index in [0.717, 1.165) is 135 Å². The van der Waals surface area contributed by atoms with Crippen molar-refractivity contribution in [3.63, 3.8) is 0 Å². The van der Waals surface area contributed by atoms with Crippen molar-refractivity contribution in [2.24, 2.45) is 0 Å². The van der Waals surface area contributed by atoms with Gasteiger partial charge in [-0.2, -0.15) is 10.2 Å². The molecule has 0 saturated heterocycles. The van der Waals surface area contributed by atoms with Crippen molar-refractivity contribution in [3.05, 3.63) is 400 Å². The van der Waals surface area contributed by atoms with E-state index in [0.29, 0.717) is 0 Å². The minimum absolute atomic E-state index is 0. The van der Waals surface area contributed by atoms with Crippen LogP contribution in [0, 0.1) is 0 Å². The Morgan fingerprint density at radius 3 is 0.509 bits per heavy atom. The van der Waals surface area contributed by atoms with E-state index < -0.39 is 0 Å². The number of hydrogen-bond acceptors (Lipinski definition) is 6. The Hall–Kier alpha value is -11.1. The zero-order valence-electron chi connectivity index (χ0n) is 57.6. The van der Waals surface area contributed by atoms with Gasteiger partial charge in [0, 0.05) is 33.9 Å². The number of nitrogens with zero attached hydrogens (tertiary/aromatic N) is 10. The van der Waals surface area contributed by atoms with E-state index in [2.05, 4.69) is 141 Å². The van der Waals surface area contributed by atoms with Gasteiger partial charge in [-0.3, -0.25) is 10.2 Å². The average Bonchev–Trinajstić information content (AvgIpc) is 1.76. The molecular formula is C90H68Cl2Cu2N12Pt2-2. The van der Waals surface area contributed by atoms with Crippen LogP contribution in [0.5, 0.6) is 0 Å². The van der Waals surface area contributed by atoms with Crippen LogP contribution in [0.15, 0.2) is 400 Å². The standard InChI is InChI=1S/2C15H12N2.4C15H11N2.2ClH.2Cu.2Pt/c6*1-3-7-12(8-4-1)14-11-15(17-16-14)13-9-5-2-6-10-13;;;;;;/h2*1-11H,(H,16,17);4*1-11H;2*1H;;;;/q;;4*-1;;;4*+1/p-2. The van der Waals surface area contributed by atoms with Gasteiger partial charge in [-0.1, -0.05) is 388 Å². The molecule has 546 valence electrons. The van der Waals surface area contributed by atoms with Gasteiger partial charge in [-0.25, -0.2) is 0 Å². The van der Waals surface area contributed by atoms with Crippen LogP contribution in [-0.4, -0.2) is 40.8 Å². The Morgan fingerprint density at radius 1 is 0.185 bits per heavy atom. The molecule has 6 aromatic heterocycles. The molecule has 0 radical (unpaired) electrons. The Balaban J connectivity index is 0.000000148. The topological polar surface area (TPSA) is 165 Å². The summed E-state index contributed by atoms with van der Waals surface area (Å²) < 4.78 is 0. The van der Waals surface area contributed by atoms with Crippen molar-refractivity contribution >= 4 is 18.8 Å². The normalized spacial score (nSPS) is 9.91. The van der Waals surface area contributed by atoms with Gasteiger partial charge in [-0.05, 0) is 67.8 Å². The van der Waals surface area contributed by atoms with E-state index in [9.17, 15) is 0 Å². The molecule has 12 nitrogen and oxygen atoms in total. The fourth-order valence-electron chi connectivity index (χ4n) is 10.9. The van der Waals surface area contributed by atoms with Gasteiger partial charge >= 0.3 is 90.5 Å². The molecule has 18 aromatic rings. The second-order valence-electron chi connectivity index (χ2n) is 23.2. The summed E-state index contributed by atoms with van der Waals surface area (Å²) >= 11 is 3.22. The number of nitrogens with one attached hydrogen (secondary N) is 2. The summed E-state index contributed by atoms with van der Waals surface area (Å²) in [5.41, 5.74) is 24.8. The van der Waals surface area contributed by atoms with E-state index >= 15 is 0 Å². The van der Waals surface area contributed by atoms with Crippen LogP contribution in [0.2, 0.25) is 0 Å². The molecule has 0 amide bonds. The summed E-state index contributed by atoms with van der Waals surface area (Å²) in [6.07, 6.45) is 0. The van der Waals surface area contributed by atoms with Gasteiger partial charge in [0.05, 0.1) is 22.8 Å². The van der Waals surface area contributed by atoms with Gasteiger partial charge < -0.3 is 40.8 Å². The van der Waals surface area contributed by atoms with Gasteiger partial charge in [0.1, 0.15) is 0 Å². The summed E-state index contributed by atoms with van der Waals surface area (Å²) in [5.74, 6) is 0. The Kier molecular flexibility index (Phi) is 33.6. The van der Waals surface area contributed by atoms with Crippen LogP contribution < -0.4 is 20.4 Å². The number of aromatic amines is 2. The third-order valence-electron chi connectivity index (χ3n) is 16.2. The summed E-state index contributed by atoms with van der Waals surface area (Å²) in [6, 6.07) is 134. The maximum absolute atomic E-state index is 4.61. The van der Waals surface area contributed by atoms with Gasteiger partial charge in [-0.15, -0.1) is 22.8 Å². The summed E-state index contributed by atoms with van der Waals surface area (Å²) in [7, 11) is 9.22. The minimum Gasteiger partial charge on any atom is -0.574 e. The maximum atomic E-state index is 4.61. The van der Waals surface area contributed by atoms with Crippen molar-refractivity contribution in [1.82, 2.24) is 61.2 Å². The molecule has 0 spiro atoms.